The van der Waals surface area contributed by atoms with Gasteiger partial charge in [0.25, 0.3) is 10.0 Å². The number of hydrogen-bond donors (Lipinski definition) is 1. The van der Waals surface area contributed by atoms with Crippen LogP contribution < -0.4 is 23.8 Å². The fourth-order valence-electron chi connectivity index (χ4n) is 3.56. The van der Waals surface area contributed by atoms with Crippen LogP contribution in [0.2, 0.25) is 0 Å². The maximum absolute atomic E-state index is 13.7. The Morgan fingerprint density at radius 2 is 1.56 bits per heavy atom. The number of amides is 1. The predicted molar refractivity (Wildman–Crippen MR) is 142 cm³/mol. The highest BCUT2D eigenvalue weighted by atomic mass is 32.2. The number of methoxy groups -OCH3 is 3. The van der Waals surface area contributed by atoms with E-state index in [4.69, 9.17) is 14.2 Å². The first-order valence-electron chi connectivity index (χ1n) is 11.1. The molecule has 192 valence electrons. The van der Waals surface area contributed by atoms with Crippen LogP contribution in [0, 0.1) is 0 Å². The van der Waals surface area contributed by atoms with Crippen LogP contribution in [-0.2, 0) is 14.8 Å². The Labute approximate surface area is 216 Å². The molecule has 3 rings (SSSR count). The molecule has 0 spiro atoms. The van der Waals surface area contributed by atoms with Gasteiger partial charge in [-0.1, -0.05) is 12.1 Å². The van der Waals surface area contributed by atoms with Crippen molar-refractivity contribution in [3.8, 4) is 17.2 Å². The molecule has 0 aliphatic rings. The van der Waals surface area contributed by atoms with E-state index in [1.54, 1.807) is 36.0 Å². The summed E-state index contributed by atoms with van der Waals surface area (Å²) in [6.07, 6.45) is 1.99. The van der Waals surface area contributed by atoms with E-state index < -0.39 is 22.5 Å². The molecule has 0 aromatic heterocycles. The van der Waals surface area contributed by atoms with Crippen LogP contribution in [0.15, 0.2) is 76.5 Å². The van der Waals surface area contributed by atoms with Crippen molar-refractivity contribution in [3.05, 3.63) is 72.3 Å². The molecule has 1 N–H and O–H groups in total. The van der Waals surface area contributed by atoms with Crippen LogP contribution in [0.4, 0.5) is 5.69 Å². The third-order valence-electron chi connectivity index (χ3n) is 5.58. The molecule has 1 atom stereocenters. The molecular weight excluding hydrogens is 500 g/mol. The SMILES string of the molecule is COc1ccc(N(CC(=O)NC(C)c2ccc(SC)cc2)S(=O)(=O)c2ccc(OC)c(OC)c2)cc1. The average molecular weight is 531 g/mol. The second-order valence-electron chi connectivity index (χ2n) is 7.79. The summed E-state index contributed by atoms with van der Waals surface area (Å²) in [5, 5.41) is 2.90. The van der Waals surface area contributed by atoms with E-state index in [2.05, 4.69) is 5.32 Å². The molecule has 0 heterocycles. The monoisotopic (exact) mass is 530 g/mol. The van der Waals surface area contributed by atoms with Gasteiger partial charge in [-0.3, -0.25) is 9.10 Å². The van der Waals surface area contributed by atoms with Crippen molar-refractivity contribution < 1.29 is 27.4 Å². The van der Waals surface area contributed by atoms with E-state index in [-0.39, 0.29) is 16.7 Å². The molecule has 3 aromatic rings. The number of nitrogens with one attached hydrogen (secondary N) is 1. The van der Waals surface area contributed by atoms with Crippen LogP contribution in [0.5, 0.6) is 17.2 Å². The second kappa shape index (κ2) is 12.0. The van der Waals surface area contributed by atoms with Crippen molar-refractivity contribution in [2.45, 2.75) is 22.8 Å². The Morgan fingerprint density at radius 3 is 2.11 bits per heavy atom. The van der Waals surface area contributed by atoms with Gasteiger partial charge in [-0.15, -0.1) is 11.8 Å². The highest BCUT2D eigenvalue weighted by Crippen LogP contribution is 2.32. The molecule has 0 radical (unpaired) electrons. The summed E-state index contributed by atoms with van der Waals surface area (Å²) in [6, 6.07) is 18.3. The van der Waals surface area contributed by atoms with Gasteiger partial charge >= 0.3 is 0 Å². The smallest absolute Gasteiger partial charge is 0.264 e. The lowest BCUT2D eigenvalue weighted by Gasteiger charge is -2.25. The Bertz CT molecular complexity index is 1280. The fourth-order valence-corrected chi connectivity index (χ4v) is 5.41. The predicted octanol–water partition coefficient (Wildman–Crippen LogP) is 4.51. The molecule has 1 unspecified atom stereocenters. The number of anilines is 1. The standard InChI is InChI=1S/C26H30N2O6S2/c1-18(19-6-12-22(35-5)13-7-19)27-26(29)17-28(20-8-10-21(32-2)11-9-20)36(30,31)23-14-15-24(33-3)25(16-23)34-4/h6-16,18H,17H2,1-5H3,(H,27,29). The first kappa shape index (κ1) is 27.2. The van der Waals surface area contributed by atoms with E-state index in [1.807, 2.05) is 37.4 Å². The summed E-state index contributed by atoms with van der Waals surface area (Å²) in [7, 11) is 0.274. The van der Waals surface area contributed by atoms with Crippen LogP contribution in [-0.4, -0.2) is 48.5 Å². The molecule has 36 heavy (non-hydrogen) atoms. The molecule has 3 aromatic carbocycles. The number of thioether (sulfide) groups is 1. The van der Waals surface area contributed by atoms with Gasteiger partial charge in [0.15, 0.2) is 11.5 Å². The summed E-state index contributed by atoms with van der Waals surface area (Å²) >= 11 is 1.63. The average Bonchev–Trinajstić information content (AvgIpc) is 2.91. The van der Waals surface area contributed by atoms with Crippen molar-refractivity contribution >= 4 is 33.4 Å². The minimum atomic E-state index is -4.14. The molecule has 0 saturated carbocycles. The normalized spacial score (nSPS) is 11.9. The highest BCUT2D eigenvalue weighted by molar-refractivity contribution is 7.98. The zero-order valence-electron chi connectivity index (χ0n) is 20.8. The van der Waals surface area contributed by atoms with Gasteiger partial charge in [0.2, 0.25) is 5.91 Å². The van der Waals surface area contributed by atoms with Crippen molar-refractivity contribution in [1.82, 2.24) is 5.32 Å². The summed E-state index contributed by atoms with van der Waals surface area (Å²) in [5.74, 6) is 0.775. The van der Waals surface area contributed by atoms with Gasteiger partial charge in [0, 0.05) is 11.0 Å². The molecular formula is C26H30N2O6S2. The molecule has 1 amide bonds. The highest BCUT2D eigenvalue weighted by Gasteiger charge is 2.29. The van der Waals surface area contributed by atoms with E-state index in [1.165, 1.54) is 39.5 Å². The first-order chi connectivity index (χ1) is 17.2. The van der Waals surface area contributed by atoms with Crippen molar-refractivity contribution in [3.63, 3.8) is 0 Å². The van der Waals surface area contributed by atoms with Crippen molar-refractivity contribution in [2.75, 3.05) is 38.4 Å². The summed E-state index contributed by atoms with van der Waals surface area (Å²) in [6.45, 7) is 1.43. The lowest BCUT2D eigenvalue weighted by molar-refractivity contribution is -0.120. The zero-order chi connectivity index (χ0) is 26.3. The number of ether oxygens (including phenoxy) is 3. The van der Waals surface area contributed by atoms with E-state index in [0.29, 0.717) is 17.2 Å². The Hall–Kier alpha value is -3.37. The van der Waals surface area contributed by atoms with Gasteiger partial charge in [-0.25, -0.2) is 8.42 Å². The van der Waals surface area contributed by atoms with Crippen molar-refractivity contribution in [1.29, 1.82) is 0 Å². The van der Waals surface area contributed by atoms with Gasteiger partial charge in [-0.05, 0) is 67.3 Å². The number of rotatable bonds is 11. The number of sulfonamides is 1. The Kier molecular flexibility index (Phi) is 9.11. The molecule has 10 heteroatoms. The first-order valence-corrected chi connectivity index (χ1v) is 13.7. The Morgan fingerprint density at radius 1 is 0.917 bits per heavy atom. The third-order valence-corrected chi connectivity index (χ3v) is 8.10. The third kappa shape index (κ3) is 6.24. The molecule has 0 fully saturated rings. The minimum Gasteiger partial charge on any atom is -0.497 e. The number of benzene rings is 3. The lowest BCUT2D eigenvalue weighted by atomic mass is 10.1. The topological polar surface area (TPSA) is 94.2 Å². The van der Waals surface area contributed by atoms with Gasteiger partial charge in [-0.2, -0.15) is 0 Å². The van der Waals surface area contributed by atoms with Crippen LogP contribution in [0.3, 0.4) is 0 Å². The maximum Gasteiger partial charge on any atom is 0.264 e. The maximum atomic E-state index is 13.7. The summed E-state index contributed by atoms with van der Waals surface area (Å²) < 4.78 is 44.2. The summed E-state index contributed by atoms with van der Waals surface area (Å²) in [5.41, 5.74) is 1.23. The van der Waals surface area contributed by atoms with Crippen LogP contribution >= 0.6 is 11.8 Å². The molecule has 8 nitrogen and oxygen atoms in total. The number of nitrogens with zero attached hydrogens (tertiary/aromatic N) is 1. The van der Waals surface area contributed by atoms with Crippen LogP contribution in [0.1, 0.15) is 18.5 Å². The number of carbonyl (C=O) groups is 1. The quantitative estimate of drug-likeness (QED) is 0.365. The fraction of sp³-hybridized carbons (Fsp3) is 0.269. The number of carbonyl (C=O) groups excluding carboxylic acids is 1. The second-order valence-corrected chi connectivity index (χ2v) is 10.5. The zero-order valence-corrected chi connectivity index (χ0v) is 22.5. The van der Waals surface area contributed by atoms with E-state index in [9.17, 15) is 13.2 Å². The largest absolute Gasteiger partial charge is 0.497 e. The molecule has 0 aliphatic carbocycles. The molecule has 0 saturated heterocycles. The molecule has 0 aliphatic heterocycles. The lowest BCUT2D eigenvalue weighted by Crippen LogP contribution is -2.41. The van der Waals surface area contributed by atoms with Crippen LogP contribution in [0.25, 0.3) is 0 Å². The van der Waals surface area contributed by atoms with Gasteiger partial charge in [0.1, 0.15) is 12.3 Å². The number of hydrogen-bond acceptors (Lipinski definition) is 7. The molecule has 0 bridgehead atoms. The van der Waals surface area contributed by atoms with E-state index >= 15 is 0 Å². The van der Waals surface area contributed by atoms with Gasteiger partial charge < -0.3 is 19.5 Å². The van der Waals surface area contributed by atoms with Crippen molar-refractivity contribution in [2.24, 2.45) is 0 Å². The summed E-state index contributed by atoms with van der Waals surface area (Å²) in [4.78, 5) is 14.1. The minimum absolute atomic E-state index is 0.0375. The Balaban J connectivity index is 1.92. The van der Waals surface area contributed by atoms with E-state index in [0.717, 1.165) is 14.8 Å². The van der Waals surface area contributed by atoms with Gasteiger partial charge in [0.05, 0.1) is 38.0 Å².